The third-order valence-electron chi connectivity index (χ3n) is 3.74. The summed E-state index contributed by atoms with van der Waals surface area (Å²) in [7, 11) is 0. The SMILES string of the molecule is Cc1ccc(C(N)c2ccc3c(c2)COC3)c(F)c1F. The van der Waals surface area contributed by atoms with Crippen LogP contribution in [0.25, 0.3) is 0 Å². The number of benzene rings is 2. The fraction of sp³-hybridized carbons (Fsp3) is 0.250. The average molecular weight is 275 g/mol. The molecule has 0 aromatic heterocycles. The van der Waals surface area contributed by atoms with Gasteiger partial charge in [0.05, 0.1) is 19.3 Å². The van der Waals surface area contributed by atoms with Crippen molar-refractivity contribution in [2.24, 2.45) is 5.73 Å². The second kappa shape index (κ2) is 4.96. The van der Waals surface area contributed by atoms with Gasteiger partial charge in [0.25, 0.3) is 0 Å². The van der Waals surface area contributed by atoms with E-state index in [1.807, 2.05) is 18.2 Å². The molecule has 1 aliphatic rings. The van der Waals surface area contributed by atoms with Crippen LogP contribution in [0.1, 0.15) is 33.9 Å². The first-order chi connectivity index (χ1) is 9.58. The van der Waals surface area contributed by atoms with E-state index in [2.05, 4.69) is 0 Å². The molecule has 2 nitrogen and oxygen atoms in total. The van der Waals surface area contributed by atoms with E-state index in [9.17, 15) is 8.78 Å². The van der Waals surface area contributed by atoms with Gasteiger partial charge in [0.1, 0.15) is 0 Å². The van der Waals surface area contributed by atoms with Gasteiger partial charge in [-0.05, 0) is 29.2 Å². The van der Waals surface area contributed by atoms with Gasteiger partial charge in [-0.1, -0.05) is 30.3 Å². The second-order valence-electron chi connectivity index (χ2n) is 5.10. The minimum Gasteiger partial charge on any atom is -0.372 e. The highest BCUT2D eigenvalue weighted by atomic mass is 19.2. The molecule has 4 heteroatoms. The molecule has 0 spiro atoms. The van der Waals surface area contributed by atoms with E-state index in [4.69, 9.17) is 10.5 Å². The molecule has 2 N–H and O–H groups in total. The van der Waals surface area contributed by atoms with E-state index in [0.717, 1.165) is 16.7 Å². The van der Waals surface area contributed by atoms with Crippen molar-refractivity contribution in [3.63, 3.8) is 0 Å². The van der Waals surface area contributed by atoms with Crippen molar-refractivity contribution in [2.45, 2.75) is 26.2 Å². The Balaban J connectivity index is 2.00. The summed E-state index contributed by atoms with van der Waals surface area (Å²) in [6.45, 7) is 2.67. The largest absolute Gasteiger partial charge is 0.372 e. The summed E-state index contributed by atoms with van der Waals surface area (Å²) in [4.78, 5) is 0. The van der Waals surface area contributed by atoms with Gasteiger partial charge < -0.3 is 10.5 Å². The van der Waals surface area contributed by atoms with E-state index in [-0.39, 0.29) is 11.1 Å². The van der Waals surface area contributed by atoms with Crippen LogP contribution in [-0.2, 0) is 18.0 Å². The van der Waals surface area contributed by atoms with Crippen LogP contribution in [0.15, 0.2) is 30.3 Å². The molecule has 0 saturated carbocycles. The fourth-order valence-electron chi connectivity index (χ4n) is 2.47. The van der Waals surface area contributed by atoms with Crippen molar-refractivity contribution < 1.29 is 13.5 Å². The number of halogens is 2. The lowest BCUT2D eigenvalue weighted by Crippen LogP contribution is -2.15. The van der Waals surface area contributed by atoms with Crippen LogP contribution in [0.3, 0.4) is 0 Å². The van der Waals surface area contributed by atoms with Crippen LogP contribution in [0.4, 0.5) is 8.78 Å². The summed E-state index contributed by atoms with van der Waals surface area (Å²) in [6.07, 6.45) is 0. The smallest absolute Gasteiger partial charge is 0.164 e. The maximum absolute atomic E-state index is 14.0. The van der Waals surface area contributed by atoms with Crippen molar-refractivity contribution in [3.05, 3.63) is 69.8 Å². The first kappa shape index (κ1) is 13.2. The Kier molecular flexibility index (Phi) is 3.28. The van der Waals surface area contributed by atoms with E-state index in [0.29, 0.717) is 13.2 Å². The summed E-state index contributed by atoms with van der Waals surface area (Å²) in [5.74, 6) is -1.70. The average Bonchev–Trinajstić information content (AvgIpc) is 2.91. The molecule has 0 bridgehead atoms. The van der Waals surface area contributed by atoms with Gasteiger partial charge >= 0.3 is 0 Å². The second-order valence-corrected chi connectivity index (χ2v) is 5.10. The summed E-state index contributed by atoms with van der Waals surface area (Å²) in [6, 6.07) is 8.09. The lowest BCUT2D eigenvalue weighted by molar-refractivity contribution is 0.134. The number of hydrogen-bond donors (Lipinski definition) is 1. The van der Waals surface area contributed by atoms with Crippen molar-refractivity contribution in [1.29, 1.82) is 0 Å². The Morgan fingerprint density at radius 2 is 1.80 bits per heavy atom. The predicted molar refractivity (Wildman–Crippen MR) is 72.1 cm³/mol. The van der Waals surface area contributed by atoms with Crippen LogP contribution in [0.2, 0.25) is 0 Å². The molecule has 2 aromatic rings. The summed E-state index contributed by atoms with van der Waals surface area (Å²) >= 11 is 0. The van der Waals surface area contributed by atoms with Crippen molar-refractivity contribution in [3.8, 4) is 0 Å². The Hall–Kier alpha value is -1.78. The molecule has 2 aromatic carbocycles. The van der Waals surface area contributed by atoms with E-state index < -0.39 is 17.7 Å². The normalized spacial score (nSPS) is 15.2. The van der Waals surface area contributed by atoms with Gasteiger partial charge in [-0.15, -0.1) is 0 Å². The molecular formula is C16H15F2NO. The predicted octanol–water partition coefficient (Wildman–Crippen LogP) is 3.35. The molecule has 0 saturated heterocycles. The first-order valence-corrected chi connectivity index (χ1v) is 6.47. The van der Waals surface area contributed by atoms with Crippen LogP contribution < -0.4 is 5.73 Å². The molecule has 1 atom stereocenters. The van der Waals surface area contributed by atoms with Crippen molar-refractivity contribution in [1.82, 2.24) is 0 Å². The molecule has 0 radical (unpaired) electrons. The monoisotopic (exact) mass is 275 g/mol. The maximum atomic E-state index is 14.0. The highest BCUT2D eigenvalue weighted by Gasteiger charge is 2.20. The zero-order valence-corrected chi connectivity index (χ0v) is 11.1. The number of nitrogens with two attached hydrogens (primary N) is 1. The Morgan fingerprint density at radius 3 is 2.60 bits per heavy atom. The molecule has 0 fully saturated rings. The van der Waals surface area contributed by atoms with Gasteiger partial charge in [-0.2, -0.15) is 0 Å². The van der Waals surface area contributed by atoms with Crippen LogP contribution in [-0.4, -0.2) is 0 Å². The standard InChI is InChI=1S/C16H15F2NO/c1-9-2-5-13(15(18)14(9)17)16(19)10-3-4-11-7-20-8-12(11)6-10/h2-6,16H,7-8,19H2,1H3. The van der Waals surface area contributed by atoms with Gasteiger partial charge in [-0.3, -0.25) is 0 Å². The fourth-order valence-corrected chi connectivity index (χ4v) is 2.47. The van der Waals surface area contributed by atoms with Gasteiger partial charge in [0, 0.05) is 5.56 Å². The van der Waals surface area contributed by atoms with Crippen LogP contribution in [0, 0.1) is 18.6 Å². The van der Waals surface area contributed by atoms with Gasteiger partial charge in [-0.25, -0.2) is 8.78 Å². The molecule has 0 amide bonds. The third-order valence-corrected chi connectivity index (χ3v) is 3.74. The lowest BCUT2D eigenvalue weighted by Gasteiger charge is -2.15. The van der Waals surface area contributed by atoms with Crippen molar-refractivity contribution >= 4 is 0 Å². The summed E-state index contributed by atoms with van der Waals surface area (Å²) in [5.41, 5.74) is 9.48. The highest BCUT2D eigenvalue weighted by Crippen LogP contribution is 2.28. The first-order valence-electron chi connectivity index (χ1n) is 6.47. The summed E-state index contributed by atoms with van der Waals surface area (Å²) in [5, 5.41) is 0. The number of ether oxygens (including phenoxy) is 1. The van der Waals surface area contributed by atoms with Gasteiger partial charge in [0.15, 0.2) is 11.6 Å². The zero-order chi connectivity index (χ0) is 14.3. The number of aryl methyl sites for hydroxylation is 1. The topological polar surface area (TPSA) is 35.2 Å². The molecule has 20 heavy (non-hydrogen) atoms. The van der Waals surface area contributed by atoms with Crippen LogP contribution >= 0.6 is 0 Å². The minimum absolute atomic E-state index is 0.173. The summed E-state index contributed by atoms with van der Waals surface area (Å²) < 4.78 is 33.0. The van der Waals surface area contributed by atoms with Crippen molar-refractivity contribution in [2.75, 3.05) is 0 Å². The Bertz CT molecular complexity index is 670. The molecule has 104 valence electrons. The van der Waals surface area contributed by atoms with E-state index in [1.165, 1.54) is 6.92 Å². The third kappa shape index (κ3) is 2.11. The molecule has 1 heterocycles. The Labute approximate surface area is 116 Å². The lowest BCUT2D eigenvalue weighted by atomic mass is 9.95. The molecule has 0 aliphatic carbocycles. The van der Waals surface area contributed by atoms with E-state index >= 15 is 0 Å². The molecular weight excluding hydrogens is 260 g/mol. The molecule has 1 aliphatic heterocycles. The Morgan fingerprint density at radius 1 is 1.05 bits per heavy atom. The highest BCUT2D eigenvalue weighted by molar-refractivity contribution is 5.40. The quantitative estimate of drug-likeness (QED) is 0.912. The molecule has 1 unspecified atom stereocenters. The zero-order valence-electron chi connectivity index (χ0n) is 11.1. The number of fused-ring (bicyclic) bond motifs is 1. The minimum atomic E-state index is -0.866. The molecule has 3 rings (SSSR count). The number of rotatable bonds is 2. The number of hydrogen-bond acceptors (Lipinski definition) is 2. The van der Waals surface area contributed by atoms with Gasteiger partial charge in [0.2, 0.25) is 0 Å². The van der Waals surface area contributed by atoms with E-state index in [1.54, 1.807) is 12.1 Å². The maximum Gasteiger partial charge on any atom is 0.164 e. The van der Waals surface area contributed by atoms with Crippen LogP contribution in [0.5, 0.6) is 0 Å².